The molecule has 1 N–H and O–H groups in total. The molecule has 1 aromatic rings. The summed E-state index contributed by atoms with van der Waals surface area (Å²) < 4.78 is 16.8. The van der Waals surface area contributed by atoms with Crippen LogP contribution in [0.15, 0.2) is 24.3 Å². The first kappa shape index (κ1) is 16.8. The van der Waals surface area contributed by atoms with Crippen LogP contribution in [-0.4, -0.2) is 39.5 Å². The molecule has 1 rings (SSSR count). The average Bonchev–Trinajstić information content (AvgIpc) is 2.48. The van der Waals surface area contributed by atoms with Crippen molar-refractivity contribution in [1.82, 2.24) is 5.32 Å². The number of rotatable bonds is 11. The third kappa shape index (κ3) is 6.26. The van der Waals surface area contributed by atoms with Crippen LogP contribution in [0.1, 0.15) is 26.7 Å². The van der Waals surface area contributed by atoms with Gasteiger partial charge in [-0.25, -0.2) is 0 Å². The summed E-state index contributed by atoms with van der Waals surface area (Å²) in [5, 5.41) is 3.41. The van der Waals surface area contributed by atoms with Gasteiger partial charge < -0.3 is 19.5 Å². The van der Waals surface area contributed by atoms with Gasteiger partial charge in [0.15, 0.2) is 11.5 Å². The maximum atomic E-state index is 5.88. The molecule has 0 spiro atoms. The first-order chi connectivity index (χ1) is 9.81. The molecule has 0 saturated heterocycles. The van der Waals surface area contributed by atoms with Crippen LogP contribution in [0.3, 0.4) is 0 Å². The van der Waals surface area contributed by atoms with Gasteiger partial charge in [0.25, 0.3) is 0 Å². The first-order valence-electron chi connectivity index (χ1n) is 7.38. The largest absolute Gasteiger partial charge is 0.490 e. The van der Waals surface area contributed by atoms with E-state index in [1.165, 1.54) is 0 Å². The van der Waals surface area contributed by atoms with Gasteiger partial charge in [0.2, 0.25) is 0 Å². The minimum Gasteiger partial charge on any atom is -0.490 e. The van der Waals surface area contributed by atoms with Gasteiger partial charge in [-0.15, -0.1) is 0 Å². The van der Waals surface area contributed by atoms with Gasteiger partial charge in [-0.2, -0.15) is 0 Å². The van der Waals surface area contributed by atoms with E-state index in [2.05, 4.69) is 19.2 Å². The Hall–Kier alpha value is -1.26. The average molecular weight is 281 g/mol. The molecule has 0 heterocycles. The Bertz CT molecular complexity index is 357. The molecule has 0 fully saturated rings. The highest BCUT2D eigenvalue weighted by atomic mass is 16.5. The quantitative estimate of drug-likeness (QED) is 0.677. The smallest absolute Gasteiger partial charge is 0.161 e. The molecule has 0 amide bonds. The van der Waals surface area contributed by atoms with Gasteiger partial charge >= 0.3 is 0 Å². The van der Waals surface area contributed by atoms with E-state index in [1.807, 2.05) is 24.3 Å². The minimum absolute atomic E-state index is 0.194. The summed E-state index contributed by atoms with van der Waals surface area (Å²) in [4.78, 5) is 0. The molecule has 0 aliphatic heterocycles. The van der Waals surface area contributed by atoms with Gasteiger partial charge in [-0.05, 0) is 31.5 Å². The second-order valence-corrected chi connectivity index (χ2v) is 4.71. The number of hydrogen-bond donors (Lipinski definition) is 1. The maximum absolute atomic E-state index is 5.88. The van der Waals surface area contributed by atoms with Crippen molar-refractivity contribution in [3.05, 3.63) is 24.3 Å². The zero-order valence-electron chi connectivity index (χ0n) is 12.9. The summed E-state index contributed by atoms with van der Waals surface area (Å²) in [5.41, 5.74) is 0. The fraction of sp³-hybridized carbons (Fsp3) is 0.625. The molecule has 0 bridgehead atoms. The lowest BCUT2D eigenvalue weighted by Crippen LogP contribution is -2.38. The molecule has 1 aromatic carbocycles. The third-order valence-corrected chi connectivity index (χ3v) is 2.80. The van der Waals surface area contributed by atoms with Crippen LogP contribution >= 0.6 is 0 Å². The Morgan fingerprint density at radius 1 is 1.00 bits per heavy atom. The highest BCUT2D eigenvalue weighted by Crippen LogP contribution is 2.26. The number of benzene rings is 1. The van der Waals surface area contributed by atoms with Gasteiger partial charge in [0.05, 0.1) is 19.3 Å². The predicted octanol–water partition coefficient (Wildman–Crippen LogP) is 2.87. The van der Waals surface area contributed by atoms with Crippen molar-refractivity contribution in [1.29, 1.82) is 0 Å². The lowest BCUT2D eigenvalue weighted by Gasteiger charge is -2.19. The summed E-state index contributed by atoms with van der Waals surface area (Å²) >= 11 is 0. The van der Waals surface area contributed by atoms with E-state index in [-0.39, 0.29) is 6.04 Å². The zero-order valence-corrected chi connectivity index (χ0v) is 12.9. The molecule has 1 atom stereocenters. The van der Waals surface area contributed by atoms with E-state index in [4.69, 9.17) is 14.2 Å². The Morgan fingerprint density at radius 3 is 2.30 bits per heavy atom. The van der Waals surface area contributed by atoms with E-state index in [0.717, 1.165) is 30.9 Å². The summed E-state index contributed by atoms with van der Waals surface area (Å²) in [6.45, 7) is 7.11. The Balaban J connectivity index is 2.53. The molecule has 0 saturated carbocycles. The van der Waals surface area contributed by atoms with E-state index in [0.29, 0.717) is 19.8 Å². The second-order valence-electron chi connectivity index (χ2n) is 4.71. The SMILES string of the molecule is CCCNC(COC)COc1ccccc1OCCC. The fourth-order valence-electron chi connectivity index (χ4n) is 1.81. The van der Waals surface area contributed by atoms with Crippen LogP contribution in [0.5, 0.6) is 11.5 Å². The molecule has 0 radical (unpaired) electrons. The van der Waals surface area contributed by atoms with Crippen molar-refractivity contribution in [2.45, 2.75) is 32.7 Å². The molecule has 114 valence electrons. The summed E-state index contributed by atoms with van der Waals surface area (Å²) in [6.07, 6.45) is 2.08. The molecular formula is C16H27NO3. The van der Waals surface area contributed by atoms with E-state index in [9.17, 15) is 0 Å². The Labute approximate surface area is 122 Å². The molecular weight excluding hydrogens is 254 g/mol. The summed E-state index contributed by atoms with van der Waals surface area (Å²) in [6, 6.07) is 7.99. The highest BCUT2D eigenvalue weighted by Gasteiger charge is 2.10. The first-order valence-corrected chi connectivity index (χ1v) is 7.38. The standard InChI is InChI=1S/C16H27NO3/c1-4-10-17-14(12-18-3)13-20-16-9-7-6-8-15(16)19-11-5-2/h6-9,14,17H,4-5,10-13H2,1-3H3. The number of nitrogens with one attached hydrogen (secondary N) is 1. The normalized spacial score (nSPS) is 12.2. The number of methoxy groups -OCH3 is 1. The molecule has 4 nitrogen and oxygen atoms in total. The Morgan fingerprint density at radius 2 is 1.70 bits per heavy atom. The van der Waals surface area contributed by atoms with Crippen LogP contribution in [0.4, 0.5) is 0 Å². The Kier molecular flexibility index (Phi) is 8.83. The van der Waals surface area contributed by atoms with Gasteiger partial charge in [0.1, 0.15) is 6.61 Å². The van der Waals surface area contributed by atoms with E-state index in [1.54, 1.807) is 7.11 Å². The van der Waals surface area contributed by atoms with Crippen LogP contribution in [0, 0.1) is 0 Å². The number of para-hydroxylation sites is 2. The lowest BCUT2D eigenvalue weighted by atomic mass is 10.3. The molecule has 0 aliphatic rings. The third-order valence-electron chi connectivity index (χ3n) is 2.80. The number of hydrogen-bond acceptors (Lipinski definition) is 4. The topological polar surface area (TPSA) is 39.7 Å². The molecule has 0 aromatic heterocycles. The van der Waals surface area contributed by atoms with Gasteiger partial charge in [0, 0.05) is 7.11 Å². The van der Waals surface area contributed by atoms with E-state index < -0.39 is 0 Å². The highest BCUT2D eigenvalue weighted by molar-refractivity contribution is 5.39. The van der Waals surface area contributed by atoms with Crippen molar-refractivity contribution in [3.8, 4) is 11.5 Å². The van der Waals surface area contributed by atoms with Crippen molar-refractivity contribution in [3.63, 3.8) is 0 Å². The lowest BCUT2D eigenvalue weighted by molar-refractivity contribution is 0.134. The van der Waals surface area contributed by atoms with Gasteiger partial charge in [-0.3, -0.25) is 0 Å². The fourth-order valence-corrected chi connectivity index (χ4v) is 1.81. The zero-order chi connectivity index (χ0) is 14.6. The summed E-state index contributed by atoms with van der Waals surface area (Å²) in [7, 11) is 1.71. The predicted molar refractivity (Wildman–Crippen MR) is 81.7 cm³/mol. The molecule has 4 heteroatoms. The van der Waals surface area contributed by atoms with E-state index >= 15 is 0 Å². The van der Waals surface area contributed by atoms with Gasteiger partial charge in [-0.1, -0.05) is 26.0 Å². The number of ether oxygens (including phenoxy) is 3. The van der Waals surface area contributed by atoms with Crippen LogP contribution in [0.2, 0.25) is 0 Å². The molecule has 20 heavy (non-hydrogen) atoms. The van der Waals surface area contributed by atoms with Crippen molar-refractivity contribution in [2.75, 3.05) is 33.5 Å². The minimum atomic E-state index is 0.194. The second kappa shape index (κ2) is 10.5. The molecule has 0 aliphatic carbocycles. The molecule has 1 unspecified atom stereocenters. The summed E-state index contributed by atoms with van der Waals surface area (Å²) in [5.74, 6) is 1.60. The van der Waals surface area contributed by atoms with Crippen LogP contribution < -0.4 is 14.8 Å². The van der Waals surface area contributed by atoms with Crippen LogP contribution in [-0.2, 0) is 4.74 Å². The van der Waals surface area contributed by atoms with Crippen LogP contribution in [0.25, 0.3) is 0 Å². The van der Waals surface area contributed by atoms with Crippen molar-refractivity contribution < 1.29 is 14.2 Å². The van der Waals surface area contributed by atoms with Crippen molar-refractivity contribution >= 4 is 0 Å². The monoisotopic (exact) mass is 281 g/mol. The van der Waals surface area contributed by atoms with Crippen molar-refractivity contribution in [2.24, 2.45) is 0 Å². The maximum Gasteiger partial charge on any atom is 0.161 e.